The maximum absolute atomic E-state index is 12.4. The van der Waals surface area contributed by atoms with E-state index in [9.17, 15) is 4.79 Å². The lowest BCUT2D eigenvalue weighted by Crippen LogP contribution is -2.47. The van der Waals surface area contributed by atoms with Gasteiger partial charge >= 0.3 is 0 Å². The number of nitrogens with one attached hydrogen (secondary N) is 1. The Morgan fingerprint density at radius 3 is 2.88 bits per heavy atom. The minimum atomic E-state index is -0.386. The Balaban J connectivity index is 0.00000225. The summed E-state index contributed by atoms with van der Waals surface area (Å²) in [4.78, 5) is 19.0. The minimum Gasteiger partial charge on any atom is -0.341 e. The lowest BCUT2D eigenvalue weighted by atomic mass is 9.96. The maximum atomic E-state index is 12.4. The fraction of sp³-hybridized carbons (Fsp3) is 0.500. The van der Waals surface area contributed by atoms with E-state index in [-0.39, 0.29) is 30.3 Å². The van der Waals surface area contributed by atoms with E-state index >= 15 is 0 Å². The van der Waals surface area contributed by atoms with Crippen molar-refractivity contribution in [3.63, 3.8) is 0 Å². The molecule has 1 amide bonds. The van der Waals surface area contributed by atoms with E-state index in [4.69, 9.17) is 5.73 Å². The molecule has 2 unspecified atom stereocenters. The van der Waals surface area contributed by atoms with Crippen LogP contribution in [0, 0.1) is 0 Å². The molecule has 0 spiro atoms. The molecule has 1 fully saturated rings. The molecule has 3 rings (SSSR count). The second kappa shape index (κ2) is 8.97. The van der Waals surface area contributed by atoms with E-state index in [1.54, 1.807) is 0 Å². The molecule has 1 saturated heterocycles. The van der Waals surface area contributed by atoms with Crippen LogP contribution in [-0.2, 0) is 4.79 Å². The highest BCUT2D eigenvalue weighted by Crippen LogP contribution is 2.26. The van der Waals surface area contributed by atoms with E-state index in [0.717, 1.165) is 43.6 Å². The van der Waals surface area contributed by atoms with E-state index in [2.05, 4.69) is 15.2 Å². The van der Waals surface area contributed by atoms with Crippen molar-refractivity contribution < 1.29 is 4.79 Å². The second-order valence-corrected chi connectivity index (χ2v) is 6.43. The summed E-state index contributed by atoms with van der Waals surface area (Å²) < 4.78 is 0. The van der Waals surface area contributed by atoms with Crippen molar-refractivity contribution >= 4 is 18.3 Å². The van der Waals surface area contributed by atoms with Crippen molar-refractivity contribution in [3.8, 4) is 11.4 Å². The quantitative estimate of drug-likeness (QED) is 0.854. The van der Waals surface area contributed by atoms with Crippen LogP contribution in [0.2, 0.25) is 0 Å². The fourth-order valence-electron chi connectivity index (χ4n) is 3.24. The van der Waals surface area contributed by atoms with Crippen molar-refractivity contribution in [1.29, 1.82) is 0 Å². The first-order valence-electron chi connectivity index (χ1n) is 8.71. The topological polar surface area (TPSA) is 87.9 Å². The maximum Gasteiger partial charge on any atom is 0.239 e. The average molecular weight is 364 g/mol. The van der Waals surface area contributed by atoms with Gasteiger partial charge in [-0.05, 0) is 19.3 Å². The number of aromatic amines is 1. The molecule has 25 heavy (non-hydrogen) atoms. The predicted octanol–water partition coefficient (Wildman–Crippen LogP) is 2.73. The smallest absolute Gasteiger partial charge is 0.239 e. The number of likely N-dealkylation sites (tertiary alicyclic amines) is 1. The minimum absolute atomic E-state index is 0. The van der Waals surface area contributed by atoms with Gasteiger partial charge in [0.2, 0.25) is 5.91 Å². The molecule has 0 saturated carbocycles. The number of piperidine rings is 1. The molecule has 1 aromatic carbocycles. The molecular formula is C18H26ClN5O. The van der Waals surface area contributed by atoms with Gasteiger partial charge in [-0.3, -0.25) is 9.89 Å². The SMILES string of the molecule is CCCC(N)C(=O)N1CCCC(c2nc(-c3ccccc3)n[nH]2)C1.Cl. The van der Waals surface area contributed by atoms with E-state index in [0.29, 0.717) is 12.4 Å². The number of aromatic nitrogens is 3. The van der Waals surface area contributed by atoms with Gasteiger partial charge in [0.1, 0.15) is 5.82 Å². The Labute approximate surface area is 154 Å². The largest absolute Gasteiger partial charge is 0.341 e. The number of halogens is 1. The van der Waals surface area contributed by atoms with Gasteiger partial charge in [0.05, 0.1) is 6.04 Å². The number of benzene rings is 1. The summed E-state index contributed by atoms with van der Waals surface area (Å²) in [5.74, 6) is 1.82. The van der Waals surface area contributed by atoms with Crippen LogP contribution in [0.1, 0.15) is 44.3 Å². The number of amides is 1. The molecule has 6 nitrogen and oxygen atoms in total. The van der Waals surface area contributed by atoms with Gasteiger partial charge in [-0.25, -0.2) is 4.98 Å². The highest BCUT2D eigenvalue weighted by Gasteiger charge is 2.29. The van der Waals surface area contributed by atoms with Crippen LogP contribution in [0.4, 0.5) is 0 Å². The fourth-order valence-corrected chi connectivity index (χ4v) is 3.24. The number of rotatable bonds is 5. The molecule has 2 atom stereocenters. The number of carbonyl (C=O) groups excluding carboxylic acids is 1. The number of H-pyrrole nitrogens is 1. The van der Waals surface area contributed by atoms with Crippen molar-refractivity contribution in [3.05, 3.63) is 36.2 Å². The van der Waals surface area contributed by atoms with Crippen molar-refractivity contribution in [2.24, 2.45) is 5.73 Å². The standard InChI is InChI=1S/C18H25N5O.ClH/c1-2-7-15(19)18(24)23-11-6-10-14(12-23)17-20-16(21-22-17)13-8-4-3-5-9-13;/h3-5,8-9,14-15H,2,6-7,10-12,19H2,1H3,(H,20,21,22);1H. The van der Waals surface area contributed by atoms with Crippen LogP contribution >= 0.6 is 12.4 Å². The van der Waals surface area contributed by atoms with Gasteiger partial charge < -0.3 is 10.6 Å². The molecule has 2 aromatic rings. The molecular weight excluding hydrogens is 338 g/mol. The van der Waals surface area contributed by atoms with Crippen LogP contribution in [0.5, 0.6) is 0 Å². The number of carbonyl (C=O) groups is 1. The lowest BCUT2D eigenvalue weighted by molar-refractivity contribution is -0.134. The predicted molar refractivity (Wildman–Crippen MR) is 101 cm³/mol. The summed E-state index contributed by atoms with van der Waals surface area (Å²) in [6.07, 6.45) is 3.64. The van der Waals surface area contributed by atoms with Crippen molar-refractivity contribution in [2.75, 3.05) is 13.1 Å². The molecule has 0 aliphatic carbocycles. The molecule has 0 radical (unpaired) electrons. The van der Waals surface area contributed by atoms with Crippen LogP contribution in [0.25, 0.3) is 11.4 Å². The number of nitrogens with two attached hydrogens (primary N) is 1. The Hall–Kier alpha value is -1.92. The van der Waals surface area contributed by atoms with Gasteiger partial charge in [0.25, 0.3) is 0 Å². The van der Waals surface area contributed by atoms with Crippen LogP contribution in [0.3, 0.4) is 0 Å². The normalized spacial score (nSPS) is 18.5. The molecule has 1 aromatic heterocycles. The molecule has 1 aliphatic rings. The van der Waals surface area contributed by atoms with Gasteiger partial charge in [-0.2, -0.15) is 5.10 Å². The van der Waals surface area contributed by atoms with E-state index in [1.165, 1.54) is 0 Å². The lowest BCUT2D eigenvalue weighted by Gasteiger charge is -2.33. The Morgan fingerprint density at radius 1 is 1.40 bits per heavy atom. The highest BCUT2D eigenvalue weighted by atomic mass is 35.5. The monoisotopic (exact) mass is 363 g/mol. The third kappa shape index (κ3) is 4.58. The number of hydrogen-bond donors (Lipinski definition) is 2. The molecule has 3 N–H and O–H groups in total. The first-order chi connectivity index (χ1) is 11.7. The van der Waals surface area contributed by atoms with Crippen LogP contribution in [0.15, 0.2) is 30.3 Å². The van der Waals surface area contributed by atoms with E-state index in [1.807, 2.05) is 42.2 Å². The molecule has 136 valence electrons. The molecule has 1 aliphatic heterocycles. The number of hydrogen-bond acceptors (Lipinski definition) is 4. The summed E-state index contributed by atoms with van der Waals surface area (Å²) >= 11 is 0. The summed E-state index contributed by atoms with van der Waals surface area (Å²) in [6.45, 7) is 3.50. The zero-order chi connectivity index (χ0) is 16.9. The van der Waals surface area contributed by atoms with Crippen LogP contribution in [-0.4, -0.2) is 45.1 Å². The van der Waals surface area contributed by atoms with Gasteiger partial charge in [0.15, 0.2) is 5.82 Å². The summed E-state index contributed by atoms with van der Waals surface area (Å²) in [5, 5.41) is 7.39. The third-order valence-corrected chi connectivity index (χ3v) is 4.57. The third-order valence-electron chi connectivity index (χ3n) is 4.57. The first kappa shape index (κ1) is 19.4. The Bertz CT molecular complexity index is 675. The highest BCUT2D eigenvalue weighted by molar-refractivity contribution is 5.85. The number of nitrogens with zero attached hydrogens (tertiary/aromatic N) is 3. The van der Waals surface area contributed by atoms with Crippen molar-refractivity contribution in [2.45, 2.75) is 44.6 Å². The molecule has 2 heterocycles. The molecule has 0 bridgehead atoms. The first-order valence-corrected chi connectivity index (χ1v) is 8.71. The summed E-state index contributed by atoms with van der Waals surface area (Å²) in [6, 6.07) is 9.52. The van der Waals surface area contributed by atoms with E-state index < -0.39 is 0 Å². The second-order valence-electron chi connectivity index (χ2n) is 6.43. The van der Waals surface area contributed by atoms with Crippen molar-refractivity contribution in [1.82, 2.24) is 20.1 Å². The Morgan fingerprint density at radius 2 is 2.16 bits per heavy atom. The zero-order valence-corrected chi connectivity index (χ0v) is 15.3. The van der Waals surface area contributed by atoms with Gasteiger partial charge in [0, 0.05) is 24.6 Å². The summed E-state index contributed by atoms with van der Waals surface area (Å²) in [5.41, 5.74) is 6.99. The van der Waals surface area contributed by atoms with Gasteiger partial charge in [-0.1, -0.05) is 43.7 Å². The van der Waals surface area contributed by atoms with Gasteiger partial charge in [-0.15, -0.1) is 12.4 Å². The summed E-state index contributed by atoms with van der Waals surface area (Å²) in [7, 11) is 0. The molecule has 7 heteroatoms. The zero-order valence-electron chi connectivity index (χ0n) is 14.5. The average Bonchev–Trinajstić information content (AvgIpc) is 3.12. The van der Waals surface area contributed by atoms with Crippen LogP contribution < -0.4 is 5.73 Å². The Kier molecular flexibility index (Phi) is 6.96.